The molecule has 0 aromatic heterocycles. The number of hydrogen-bond acceptors (Lipinski definition) is 3. The summed E-state index contributed by atoms with van der Waals surface area (Å²) in [6.07, 6.45) is 1.66. The largest absolute Gasteiger partial charge is 0.352 e. The van der Waals surface area contributed by atoms with Crippen molar-refractivity contribution in [1.82, 2.24) is 9.62 Å². The number of rotatable bonds is 9. The monoisotopic (exact) mass is 402 g/mol. The maximum absolute atomic E-state index is 13.0. The molecule has 1 amide bonds. The molecule has 0 radical (unpaired) electrons. The number of likely N-dealkylation sites (N-methyl/N-ethyl adjacent to an activating group) is 1. The van der Waals surface area contributed by atoms with Crippen LogP contribution in [0.25, 0.3) is 0 Å². The fraction of sp³-hybridized carbons (Fsp3) is 0.409. The Morgan fingerprint density at radius 1 is 1.11 bits per heavy atom. The molecule has 0 heterocycles. The lowest BCUT2D eigenvalue weighted by atomic mass is 10.1. The van der Waals surface area contributed by atoms with Crippen LogP contribution in [-0.2, 0) is 21.2 Å². The van der Waals surface area contributed by atoms with E-state index in [0.29, 0.717) is 5.56 Å². The smallest absolute Gasteiger partial charge is 0.243 e. The molecule has 0 spiro atoms. The molecule has 1 atom stereocenters. The zero-order chi connectivity index (χ0) is 20.7. The van der Waals surface area contributed by atoms with Crippen LogP contribution in [0.4, 0.5) is 0 Å². The van der Waals surface area contributed by atoms with E-state index in [1.807, 2.05) is 38.1 Å². The number of carbonyl (C=O) groups excluding carboxylic acids is 1. The highest BCUT2D eigenvalue weighted by molar-refractivity contribution is 7.89. The van der Waals surface area contributed by atoms with Gasteiger partial charge in [-0.05, 0) is 56.4 Å². The number of carbonyl (C=O) groups is 1. The zero-order valence-electron chi connectivity index (χ0n) is 17.1. The van der Waals surface area contributed by atoms with Crippen LogP contribution in [0.2, 0.25) is 0 Å². The van der Waals surface area contributed by atoms with E-state index in [9.17, 15) is 13.2 Å². The molecule has 2 rings (SSSR count). The van der Waals surface area contributed by atoms with Crippen molar-refractivity contribution in [1.29, 1.82) is 0 Å². The minimum atomic E-state index is -3.72. The Bertz CT molecular complexity index is 895. The average molecular weight is 403 g/mol. The Morgan fingerprint density at radius 3 is 2.43 bits per heavy atom. The molecule has 2 aromatic rings. The second-order valence-corrected chi connectivity index (χ2v) is 9.10. The standard InChI is InChI=1S/C22H30N2O3S/c1-5-24(28(26,27)21-15-17(2)11-12-18(21)3)16-22(25)23-19(4)13-14-20-9-7-6-8-10-20/h6-12,15,19H,5,13-14,16H2,1-4H3,(H,23,25)/t19-/m1/s1. The van der Waals surface area contributed by atoms with Crippen LogP contribution < -0.4 is 5.32 Å². The van der Waals surface area contributed by atoms with Crippen molar-refractivity contribution >= 4 is 15.9 Å². The van der Waals surface area contributed by atoms with Gasteiger partial charge in [0.1, 0.15) is 0 Å². The molecule has 28 heavy (non-hydrogen) atoms. The van der Waals surface area contributed by atoms with E-state index in [1.165, 1.54) is 9.87 Å². The first-order valence-corrected chi connectivity index (χ1v) is 11.1. The summed E-state index contributed by atoms with van der Waals surface area (Å²) in [5, 5.41) is 2.92. The summed E-state index contributed by atoms with van der Waals surface area (Å²) in [6, 6.07) is 15.4. The summed E-state index contributed by atoms with van der Waals surface area (Å²) in [4.78, 5) is 12.7. The van der Waals surface area contributed by atoms with Gasteiger partial charge in [0.25, 0.3) is 0 Å². The van der Waals surface area contributed by atoms with Gasteiger partial charge in [0.05, 0.1) is 11.4 Å². The molecule has 0 aliphatic heterocycles. The first-order valence-electron chi connectivity index (χ1n) is 9.64. The number of hydrogen-bond donors (Lipinski definition) is 1. The lowest BCUT2D eigenvalue weighted by Crippen LogP contribution is -2.43. The lowest BCUT2D eigenvalue weighted by molar-refractivity contribution is -0.121. The summed E-state index contributed by atoms with van der Waals surface area (Å²) < 4.78 is 27.3. The van der Waals surface area contributed by atoms with Gasteiger partial charge in [-0.1, -0.05) is 49.4 Å². The molecule has 152 valence electrons. The summed E-state index contributed by atoms with van der Waals surface area (Å²) in [5.41, 5.74) is 2.77. The SMILES string of the molecule is CCN(CC(=O)N[C@H](C)CCc1ccccc1)S(=O)(=O)c1cc(C)ccc1C. The van der Waals surface area contributed by atoms with Gasteiger partial charge in [-0.15, -0.1) is 0 Å². The number of nitrogens with one attached hydrogen (secondary N) is 1. The van der Waals surface area contributed by atoms with E-state index in [1.54, 1.807) is 26.0 Å². The number of sulfonamides is 1. The van der Waals surface area contributed by atoms with Gasteiger partial charge in [0, 0.05) is 12.6 Å². The fourth-order valence-corrected chi connectivity index (χ4v) is 4.79. The van der Waals surface area contributed by atoms with Crippen molar-refractivity contribution in [3.05, 3.63) is 65.2 Å². The highest BCUT2D eigenvalue weighted by Crippen LogP contribution is 2.21. The molecular formula is C22H30N2O3S. The fourth-order valence-electron chi connectivity index (χ4n) is 3.07. The predicted octanol–water partition coefficient (Wildman–Crippen LogP) is 3.45. The van der Waals surface area contributed by atoms with Crippen LogP contribution in [0.3, 0.4) is 0 Å². The number of aryl methyl sites for hydroxylation is 3. The third kappa shape index (κ3) is 5.91. The van der Waals surface area contributed by atoms with Gasteiger partial charge >= 0.3 is 0 Å². The summed E-state index contributed by atoms with van der Waals surface area (Å²) in [7, 11) is -3.72. The summed E-state index contributed by atoms with van der Waals surface area (Å²) >= 11 is 0. The highest BCUT2D eigenvalue weighted by Gasteiger charge is 2.27. The van der Waals surface area contributed by atoms with Crippen molar-refractivity contribution < 1.29 is 13.2 Å². The molecule has 0 unspecified atom stereocenters. The van der Waals surface area contributed by atoms with E-state index >= 15 is 0 Å². The molecule has 1 N–H and O–H groups in total. The maximum Gasteiger partial charge on any atom is 0.243 e. The Balaban J connectivity index is 1.99. The molecular weight excluding hydrogens is 372 g/mol. The van der Waals surface area contributed by atoms with Crippen molar-refractivity contribution in [3.63, 3.8) is 0 Å². The van der Waals surface area contributed by atoms with Crippen molar-refractivity contribution in [2.75, 3.05) is 13.1 Å². The van der Waals surface area contributed by atoms with E-state index < -0.39 is 10.0 Å². The third-order valence-corrected chi connectivity index (χ3v) is 6.81. The van der Waals surface area contributed by atoms with Crippen LogP contribution in [-0.4, -0.2) is 37.8 Å². The first-order chi connectivity index (χ1) is 13.2. The van der Waals surface area contributed by atoms with Crippen molar-refractivity contribution in [2.45, 2.75) is 51.5 Å². The van der Waals surface area contributed by atoms with Crippen LogP contribution in [0, 0.1) is 13.8 Å². The highest BCUT2D eigenvalue weighted by atomic mass is 32.2. The maximum atomic E-state index is 13.0. The average Bonchev–Trinajstić information content (AvgIpc) is 2.67. The summed E-state index contributed by atoms with van der Waals surface area (Å²) in [5.74, 6) is -0.281. The molecule has 0 fully saturated rings. The third-order valence-electron chi connectivity index (χ3n) is 4.75. The Kier molecular flexibility index (Phi) is 7.78. The van der Waals surface area contributed by atoms with E-state index in [-0.39, 0.29) is 29.9 Å². The van der Waals surface area contributed by atoms with Crippen molar-refractivity contribution in [2.24, 2.45) is 0 Å². The molecule has 6 heteroatoms. The normalized spacial score (nSPS) is 12.8. The molecule has 0 saturated heterocycles. The Labute approximate surface area is 168 Å². The van der Waals surface area contributed by atoms with Crippen molar-refractivity contribution in [3.8, 4) is 0 Å². The van der Waals surface area contributed by atoms with E-state index in [2.05, 4.69) is 17.4 Å². The number of nitrogens with zero attached hydrogens (tertiary/aromatic N) is 1. The van der Waals surface area contributed by atoms with Gasteiger partial charge in [-0.25, -0.2) is 8.42 Å². The number of amides is 1. The molecule has 0 saturated carbocycles. The molecule has 0 aliphatic rings. The van der Waals surface area contributed by atoms with Crippen LogP contribution in [0.15, 0.2) is 53.4 Å². The zero-order valence-corrected chi connectivity index (χ0v) is 17.9. The topological polar surface area (TPSA) is 66.5 Å². The second kappa shape index (κ2) is 9.85. The van der Waals surface area contributed by atoms with Gasteiger partial charge in [0.15, 0.2) is 0 Å². The Hall–Kier alpha value is -2.18. The lowest BCUT2D eigenvalue weighted by Gasteiger charge is -2.22. The Morgan fingerprint density at radius 2 is 1.79 bits per heavy atom. The second-order valence-electron chi connectivity index (χ2n) is 7.19. The molecule has 5 nitrogen and oxygen atoms in total. The van der Waals surface area contributed by atoms with Crippen LogP contribution in [0.1, 0.15) is 37.0 Å². The molecule has 0 bridgehead atoms. The molecule has 0 aliphatic carbocycles. The molecule has 2 aromatic carbocycles. The predicted molar refractivity (Wildman–Crippen MR) is 113 cm³/mol. The van der Waals surface area contributed by atoms with Gasteiger partial charge in [0.2, 0.25) is 15.9 Å². The van der Waals surface area contributed by atoms with Gasteiger partial charge in [-0.2, -0.15) is 4.31 Å². The summed E-state index contributed by atoms with van der Waals surface area (Å²) in [6.45, 7) is 7.37. The van der Waals surface area contributed by atoms with Gasteiger partial charge in [-0.3, -0.25) is 4.79 Å². The number of benzene rings is 2. The minimum absolute atomic E-state index is 0.0326. The van der Waals surface area contributed by atoms with Gasteiger partial charge < -0.3 is 5.32 Å². The minimum Gasteiger partial charge on any atom is -0.352 e. The quantitative estimate of drug-likeness (QED) is 0.699. The van der Waals surface area contributed by atoms with Crippen LogP contribution in [0.5, 0.6) is 0 Å². The first kappa shape index (κ1) is 22.1. The van der Waals surface area contributed by atoms with Crippen LogP contribution >= 0.6 is 0 Å². The van der Waals surface area contributed by atoms with E-state index in [4.69, 9.17) is 0 Å². The van der Waals surface area contributed by atoms with E-state index in [0.717, 1.165) is 18.4 Å².